The van der Waals surface area contributed by atoms with Crippen LogP contribution in [0.15, 0.2) is 54.6 Å². The van der Waals surface area contributed by atoms with Crippen molar-refractivity contribution in [2.75, 3.05) is 5.73 Å². The SMILES string of the molecule is CC(C)Cc1cccc(C(=O)/C=C/c2ccc(N)cc2)c1. The van der Waals surface area contributed by atoms with Crippen LogP contribution in [-0.2, 0) is 6.42 Å². The van der Waals surface area contributed by atoms with Gasteiger partial charge in [0.2, 0.25) is 0 Å². The van der Waals surface area contributed by atoms with E-state index in [0.717, 1.165) is 23.2 Å². The zero-order chi connectivity index (χ0) is 15.2. The summed E-state index contributed by atoms with van der Waals surface area (Å²) in [4.78, 5) is 12.2. The van der Waals surface area contributed by atoms with Crippen molar-refractivity contribution in [2.24, 2.45) is 5.92 Å². The molecule has 0 aliphatic heterocycles. The van der Waals surface area contributed by atoms with Crippen molar-refractivity contribution in [1.82, 2.24) is 0 Å². The highest BCUT2D eigenvalue weighted by Crippen LogP contribution is 2.13. The fourth-order valence-corrected chi connectivity index (χ4v) is 2.20. The second-order valence-corrected chi connectivity index (χ2v) is 5.66. The summed E-state index contributed by atoms with van der Waals surface area (Å²) in [6.07, 6.45) is 4.42. The van der Waals surface area contributed by atoms with Crippen LogP contribution in [0.3, 0.4) is 0 Å². The Morgan fingerprint density at radius 2 is 1.86 bits per heavy atom. The molecule has 108 valence electrons. The van der Waals surface area contributed by atoms with E-state index >= 15 is 0 Å². The highest BCUT2D eigenvalue weighted by atomic mass is 16.1. The zero-order valence-electron chi connectivity index (χ0n) is 12.5. The molecular weight excluding hydrogens is 258 g/mol. The lowest BCUT2D eigenvalue weighted by molar-refractivity contribution is 0.104. The third-order valence-electron chi connectivity index (χ3n) is 3.22. The number of carbonyl (C=O) groups is 1. The second-order valence-electron chi connectivity index (χ2n) is 5.66. The number of hydrogen-bond donors (Lipinski definition) is 1. The van der Waals surface area contributed by atoms with Crippen LogP contribution in [0.25, 0.3) is 6.08 Å². The number of nitrogen functional groups attached to an aromatic ring is 1. The molecule has 0 aliphatic rings. The molecule has 0 amide bonds. The van der Waals surface area contributed by atoms with Gasteiger partial charge in [-0.25, -0.2) is 0 Å². The number of rotatable bonds is 5. The van der Waals surface area contributed by atoms with Gasteiger partial charge in [0.05, 0.1) is 0 Å². The number of anilines is 1. The van der Waals surface area contributed by atoms with Crippen LogP contribution in [0.4, 0.5) is 5.69 Å². The molecule has 0 aromatic heterocycles. The van der Waals surface area contributed by atoms with Gasteiger partial charge < -0.3 is 5.73 Å². The summed E-state index contributed by atoms with van der Waals surface area (Å²) in [5, 5.41) is 0. The van der Waals surface area contributed by atoms with Crippen molar-refractivity contribution in [3.63, 3.8) is 0 Å². The van der Waals surface area contributed by atoms with Gasteiger partial charge >= 0.3 is 0 Å². The van der Waals surface area contributed by atoms with E-state index in [1.165, 1.54) is 5.56 Å². The number of benzene rings is 2. The van der Waals surface area contributed by atoms with Crippen molar-refractivity contribution >= 4 is 17.5 Å². The minimum Gasteiger partial charge on any atom is -0.399 e. The molecule has 0 saturated carbocycles. The summed E-state index contributed by atoms with van der Waals surface area (Å²) in [6.45, 7) is 4.35. The fraction of sp³-hybridized carbons (Fsp3) is 0.211. The number of allylic oxidation sites excluding steroid dienone is 1. The Kier molecular flexibility index (Phi) is 4.94. The lowest BCUT2D eigenvalue weighted by atomic mass is 9.99. The Morgan fingerprint density at radius 1 is 1.14 bits per heavy atom. The second kappa shape index (κ2) is 6.89. The summed E-state index contributed by atoms with van der Waals surface area (Å²) in [5.41, 5.74) is 9.27. The van der Waals surface area contributed by atoms with E-state index in [0.29, 0.717) is 5.92 Å². The average molecular weight is 279 g/mol. The van der Waals surface area contributed by atoms with Crippen LogP contribution in [0, 0.1) is 5.92 Å². The quantitative estimate of drug-likeness (QED) is 0.502. The van der Waals surface area contributed by atoms with Gasteiger partial charge in [-0.1, -0.05) is 50.3 Å². The van der Waals surface area contributed by atoms with Gasteiger partial charge in [0.25, 0.3) is 0 Å². The van der Waals surface area contributed by atoms with Gasteiger partial charge in [0.15, 0.2) is 5.78 Å². The van der Waals surface area contributed by atoms with Crippen molar-refractivity contribution in [1.29, 1.82) is 0 Å². The van der Waals surface area contributed by atoms with Gasteiger partial charge in [-0.05, 0) is 47.7 Å². The van der Waals surface area contributed by atoms with E-state index < -0.39 is 0 Å². The maximum absolute atomic E-state index is 12.2. The number of hydrogen-bond acceptors (Lipinski definition) is 2. The van der Waals surface area contributed by atoms with Crippen molar-refractivity contribution in [3.05, 3.63) is 71.3 Å². The Labute approximate surface area is 126 Å². The van der Waals surface area contributed by atoms with E-state index in [-0.39, 0.29) is 5.78 Å². The summed E-state index contributed by atoms with van der Waals surface area (Å²) in [5.74, 6) is 0.609. The molecular formula is C19H21NO. The third-order valence-corrected chi connectivity index (χ3v) is 3.22. The van der Waals surface area contributed by atoms with E-state index in [4.69, 9.17) is 5.73 Å². The normalized spacial score (nSPS) is 11.2. The lowest BCUT2D eigenvalue weighted by Gasteiger charge is -2.06. The smallest absolute Gasteiger partial charge is 0.185 e. The van der Waals surface area contributed by atoms with Gasteiger partial charge in [-0.3, -0.25) is 4.79 Å². The van der Waals surface area contributed by atoms with Crippen LogP contribution in [0.1, 0.15) is 35.3 Å². The first-order valence-electron chi connectivity index (χ1n) is 7.21. The topological polar surface area (TPSA) is 43.1 Å². The van der Waals surface area contributed by atoms with E-state index in [1.54, 1.807) is 6.08 Å². The first-order chi connectivity index (χ1) is 10.0. The van der Waals surface area contributed by atoms with E-state index in [9.17, 15) is 4.79 Å². The van der Waals surface area contributed by atoms with Crippen molar-refractivity contribution in [2.45, 2.75) is 20.3 Å². The molecule has 2 aromatic rings. The molecule has 2 N–H and O–H groups in total. The Hall–Kier alpha value is -2.35. The molecule has 0 spiro atoms. The molecule has 0 aliphatic carbocycles. The molecule has 0 radical (unpaired) electrons. The molecule has 0 bridgehead atoms. The molecule has 2 heteroatoms. The Morgan fingerprint density at radius 3 is 2.52 bits per heavy atom. The molecule has 0 unspecified atom stereocenters. The minimum atomic E-state index is 0.0254. The van der Waals surface area contributed by atoms with Gasteiger partial charge in [0.1, 0.15) is 0 Å². The summed E-state index contributed by atoms with van der Waals surface area (Å²) in [7, 11) is 0. The third kappa shape index (κ3) is 4.60. The Bertz CT molecular complexity index is 639. The number of ketones is 1. The van der Waals surface area contributed by atoms with Crippen molar-refractivity contribution in [3.8, 4) is 0 Å². The number of nitrogens with two attached hydrogens (primary N) is 1. The molecule has 0 atom stereocenters. The van der Waals surface area contributed by atoms with Gasteiger partial charge in [-0.15, -0.1) is 0 Å². The van der Waals surface area contributed by atoms with Crippen LogP contribution in [0.5, 0.6) is 0 Å². The molecule has 2 aromatic carbocycles. The minimum absolute atomic E-state index is 0.0254. The summed E-state index contributed by atoms with van der Waals surface area (Å²) in [6, 6.07) is 15.3. The average Bonchev–Trinajstić information content (AvgIpc) is 2.46. The maximum atomic E-state index is 12.2. The van der Waals surface area contributed by atoms with Gasteiger partial charge in [0, 0.05) is 11.3 Å². The first-order valence-corrected chi connectivity index (χ1v) is 7.21. The molecule has 0 fully saturated rings. The molecule has 21 heavy (non-hydrogen) atoms. The number of carbonyl (C=O) groups excluding carboxylic acids is 1. The van der Waals surface area contributed by atoms with Crippen molar-refractivity contribution < 1.29 is 4.79 Å². The Balaban J connectivity index is 2.11. The maximum Gasteiger partial charge on any atom is 0.185 e. The van der Waals surface area contributed by atoms with Gasteiger partial charge in [-0.2, -0.15) is 0 Å². The van der Waals surface area contributed by atoms with Crippen LogP contribution >= 0.6 is 0 Å². The van der Waals surface area contributed by atoms with Crippen LogP contribution in [0.2, 0.25) is 0 Å². The molecule has 2 rings (SSSR count). The largest absolute Gasteiger partial charge is 0.399 e. The standard InChI is InChI=1S/C19H21NO/c1-14(2)12-16-4-3-5-17(13-16)19(21)11-8-15-6-9-18(20)10-7-15/h3-11,13-14H,12,20H2,1-2H3/b11-8+. The van der Waals surface area contributed by atoms with E-state index in [2.05, 4.69) is 19.9 Å². The highest BCUT2D eigenvalue weighted by Gasteiger charge is 2.04. The first kappa shape index (κ1) is 15.0. The van der Waals surface area contributed by atoms with Crippen LogP contribution in [-0.4, -0.2) is 5.78 Å². The monoisotopic (exact) mass is 279 g/mol. The molecule has 0 heterocycles. The lowest BCUT2D eigenvalue weighted by Crippen LogP contribution is -1.98. The van der Waals surface area contributed by atoms with E-state index in [1.807, 2.05) is 48.5 Å². The zero-order valence-corrected chi connectivity index (χ0v) is 12.5. The summed E-state index contributed by atoms with van der Waals surface area (Å²) < 4.78 is 0. The fourth-order valence-electron chi connectivity index (χ4n) is 2.20. The molecule has 2 nitrogen and oxygen atoms in total. The molecule has 0 saturated heterocycles. The predicted molar refractivity (Wildman–Crippen MR) is 89.2 cm³/mol. The summed E-state index contributed by atoms with van der Waals surface area (Å²) >= 11 is 0. The van der Waals surface area contributed by atoms with Crippen LogP contribution < -0.4 is 5.73 Å². The predicted octanol–water partition coefficient (Wildman–Crippen LogP) is 4.36. The highest BCUT2D eigenvalue weighted by molar-refractivity contribution is 6.06.